The Balaban J connectivity index is 2.63. The number of amides is 1. The lowest BCUT2D eigenvalue weighted by Crippen LogP contribution is -2.32. The van der Waals surface area contributed by atoms with Crippen molar-refractivity contribution >= 4 is 11.6 Å². The molecule has 0 saturated carbocycles. The molecule has 0 radical (unpaired) electrons. The largest absolute Gasteiger partial charge is 0.399 e. The molecule has 3 heteroatoms. The summed E-state index contributed by atoms with van der Waals surface area (Å²) in [7, 11) is 0. The van der Waals surface area contributed by atoms with Gasteiger partial charge < -0.3 is 10.6 Å². The molecule has 1 aromatic carbocycles. The lowest BCUT2D eigenvalue weighted by Gasteiger charge is -2.22. The zero-order valence-corrected chi connectivity index (χ0v) is 11.9. The minimum Gasteiger partial charge on any atom is -0.399 e. The Bertz CT molecular complexity index is 411. The van der Waals surface area contributed by atoms with Crippen LogP contribution in [0.4, 0.5) is 5.69 Å². The van der Waals surface area contributed by atoms with Crippen LogP contribution in [0, 0.1) is 0 Å². The third-order valence-electron chi connectivity index (χ3n) is 3.18. The predicted octanol–water partition coefficient (Wildman–Crippen LogP) is 3.19. The Morgan fingerprint density at radius 2 is 2.05 bits per heavy atom. The average Bonchev–Trinajstić information content (AvgIpc) is 2.39. The van der Waals surface area contributed by atoms with E-state index in [-0.39, 0.29) is 11.8 Å². The van der Waals surface area contributed by atoms with Gasteiger partial charge in [0.05, 0.1) is 0 Å². The second-order valence-electron chi connectivity index (χ2n) is 4.90. The molecule has 0 heterocycles. The molecule has 0 fully saturated rings. The van der Waals surface area contributed by atoms with Crippen LogP contribution in [-0.2, 0) is 4.79 Å². The molecular weight excluding hydrogens is 236 g/mol. The lowest BCUT2D eigenvalue weighted by atomic mass is 9.97. The number of nitrogen functional groups attached to an aromatic ring is 1. The van der Waals surface area contributed by atoms with Crippen molar-refractivity contribution in [3.8, 4) is 0 Å². The van der Waals surface area contributed by atoms with E-state index in [1.807, 2.05) is 29.2 Å². The minimum absolute atomic E-state index is 0.186. The van der Waals surface area contributed by atoms with Crippen molar-refractivity contribution in [3.05, 3.63) is 42.5 Å². The number of nitrogens with two attached hydrogens (primary N) is 1. The first-order valence-corrected chi connectivity index (χ1v) is 6.82. The van der Waals surface area contributed by atoms with Gasteiger partial charge in [-0.2, -0.15) is 0 Å². The smallest absolute Gasteiger partial charge is 0.223 e. The molecule has 0 bridgehead atoms. The Hall–Kier alpha value is -1.77. The van der Waals surface area contributed by atoms with E-state index >= 15 is 0 Å². The average molecular weight is 260 g/mol. The van der Waals surface area contributed by atoms with Crippen LogP contribution in [0.5, 0.6) is 0 Å². The molecule has 1 amide bonds. The van der Waals surface area contributed by atoms with E-state index in [1.165, 1.54) is 0 Å². The molecule has 0 aliphatic rings. The Morgan fingerprint density at radius 3 is 2.58 bits per heavy atom. The highest BCUT2D eigenvalue weighted by Gasteiger charge is 2.16. The van der Waals surface area contributed by atoms with E-state index in [0.717, 1.165) is 24.2 Å². The van der Waals surface area contributed by atoms with Gasteiger partial charge in [0.1, 0.15) is 0 Å². The summed E-state index contributed by atoms with van der Waals surface area (Å²) in [4.78, 5) is 14.1. The fourth-order valence-electron chi connectivity index (χ4n) is 2.08. The maximum Gasteiger partial charge on any atom is 0.223 e. The number of hydrogen-bond acceptors (Lipinski definition) is 2. The van der Waals surface area contributed by atoms with Gasteiger partial charge in [0.25, 0.3) is 0 Å². The normalized spacial score (nSPS) is 11.9. The maximum atomic E-state index is 12.2. The van der Waals surface area contributed by atoms with E-state index in [1.54, 1.807) is 6.08 Å². The molecule has 0 aliphatic heterocycles. The van der Waals surface area contributed by atoms with Crippen LogP contribution in [0.3, 0.4) is 0 Å². The van der Waals surface area contributed by atoms with Crippen LogP contribution in [0.2, 0.25) is 0 Å². The van der Waals surface area contributed by atoms with Crippen LogP contribution < -0.4 is 5.73 Å². The number of carbonyl (C=O) groups excluding carboxylic acids is 1. The zero-order valence-electron chi connectivity index (χ0n) is 11.9. The Labute approximate surface area is 116 Å². The fraction of sp³-hybridized carbons (Fsp3) is 0.438. The Kier molecular flexibility index (Phi) is 6.13. The van der Waals surface area contributed by atoms with Gasteiger partial charge in [-0.15, -0.1) is 6.58 Å². The van der Waals surface area contributed by atoms with Gasteiger partial charge in [-0.25, -0.2) is 0 Å². The van der Waals surface area contributed by atoms with Crippen LogP contribution in [0.25, 0.3) is 0 Å². The SMILES string of the molecule is C=CCN(CCC)C(=O)CC(C)c1ccc(N)cc1. The van der Waals surface area contributed by atoms with Crippen molar-refractivity contribution in [1.82, 2.24) is 4.90 Å². The first kappa shape index (κ1) is 15.3. The maximum absolute atomic E-state index is 12.2. The van der Waals surface area contributed by atoms with Gasteiger partial charge in [0.15, 0.2) is 0 Å². The van der Waals surface area contributed by atoms with Gasteiger partial charge in [0.2, 0.25) is 5.91 Å². The summed E-state index contributed by atoms with van der Waals surface area (Å²) in [5.74, 6) is 0.392. The first-order valence-electron chi connectivity index (χ1n) is 6.82. The van der Waals surface area contributed by atoms with Crippen LogP contribution >= 0.6 is 0 Å². The van der Waals surface area contributed by atoms with E-state index < -0.39 is 0 Å². The molecule has 1 rings (SSSR count). The molecule has 19 heavy (non-hydrogen) atoms. The first-order chi connectivity index (χ1) is 9.08. The number of carbonyl (C=O) groups is 1. The van der Waals surface area contributed by atoms with Gasteiger partial charge in [-0.05, 0) is 30.0 Å². The molecule has 1 atom stereocenters. The number of hydrogen-bond donors (Lipinski definition) is 1. The molecular formula is C16H24N2O. The summed E-state index contributed by atoms with van der Waals surface area (Å²) in [5.41, 5.74) is 7.57. The number of anilines is 1. The topological polar surface area (TPSA) is 46.3 Å². The highest BCUT2D eigenvalue weighted by molar-refractivity contribution is 5.77. The fourth-order valence-corrected chi connectivity index (χ4v) is 2.08. The molecule has 1 aromatic rings. The molecule has 1 unspecified atom stereocenters. The van der Waals surface area contributed by atoms with Gasteiger partial charge >= 0.3 is 0 Å². The molecule has 2 N–H and O–H groups in total. The molecule has 0 spiro atoms. The van der Waals surface area contributed by atoms with Gasteiger partial charge in [0, 0.05) is 25.2 Å². The van der Waals surface area contributed by atoms with Crippen molar-refractivity contribution in [2.45, 2.75) is 32.6 Å². The van der Waals surface area contributed by atoms with Crippen molar-refractivity contribution in [2.24, 2.45) is 0 Å². The summed E-state index contributed by atoms with van der Waals surface area (Å²) >= 11 is 0. The summed E-state index contributed by atoms with van der Waals surface area (Å²) in [6.07, 6.45) is 3.27. The minimum atomic E-state index is 0.186. The monoisotopic (exact) mass is 260 g/mol. The summed E-state index contributed by atoms with van der Waals surface area (Å²) in [6, 6.07) is 7.74. The second-order valence-corrected chi connectivity index (χ2v) is 4.90. The van der Waals surface area contributed by atoms with Crippen molar-refractivity contribution in [3.63, 3.8) is 0 Å². The molecule has 3 nitrogen and oxygen atoms in total. The van der Waals surface area contributed by atoms with Crippen molar-refractivity contribution in [2.75, 3.05) is 18.8 Å². The van der Waals surface area contributed by atoms with E-state index in [2.05, 4.69) is 20.4 Å². The second kappa shape index (κ2) is 7.62. The standard InChI is InChI=1S/C16H24N2O/c1-4-10-18(11-5-2)16(19)12-13(3)14-6-8-15(17)9-7-14/h4,6-9,13H,1,5,10-12,17H2,2-3H3. The summed E-state index contributed by atoms with van der Waals surface area (Å²) < 4.78 is 0. The van der Waals surface area contributed by atoms with E-state index in [4.69, 9.17) is 5.73 Å². The molecule has 0 aromatic heterocycles. The predicted molar refractivity (Wildman–Crippen MR) is 81.0 cm³/mol. The van der Waals surface area contributed by atoms with E-state index in [9.17, 15) is 4.79 Å². The van der Waals surface area contributed by atoms with Crippen molar-refractivity contribution < 1.29 is 4.79 Å². The molecule has 0 saturated heterocycles. The molecule has 0 aliphatic carbocycles. The van der Waals surface area contributed by atoms with Gasteiger partial charge in [-0.3, -0.25) is 4.79 Å². The quantitative estimate of drug-likeness (QED) is 0.604. The highest BCUT2D eigenvalue weighted by atomic mass is 16.2. The van der Waals surface area contributed by atoms with Crippen LogP contribution in [0.1, 0.15) is 38.2 Å². The Morgan fingerprint density at radius 1 is 1.42 bits per heavy atom. The third-order valence-corrected chi connectivity index (χ3v) is 3.18. The van der Waals surface area contributed by atoms with Gasteiger partial charge in [-0.1, -0.05) is 32.1 Å². The van der Waals surface area contributed by atoms with Crippen molar-refractivity contribution in [1.29, 1.82) is 0 Å². The summed E-state index contributed by atoms with van der Waals surface area (Å²) in [5, 5.41) is 0. The van der Waals surface area contributed by atoms with Crippen LogP contribution in [-0.4, -0.2) is 23.9 Å². The lowest BCUT2D eigenvalue weighted by molar-refractivity contribution is -0.131. The third kappa shape index (κ3) is 4.78. The molecule has 104 valence electrons. The number of benzene rings is 1. The highest BCUT2D eigenvalue weighted by Crippen LogP contribution is 2.21. The summed E-state index contributed by atoms with van der Waals surface area (Å²) in [6.45, 7) is 9.27. The number of nitrogens with zero attached hydrogens (tertiary/aromatic N) is 1. The number of rotatable bonds is 7. The zero-order chi connectivity index (χ0) is 14.3. The van der Waals surface area contributed by atoms with Crippen LogP contribution in [0.15, 0.2) is 36.9 Å². The van der Waals surface area contributed by atoms with E-state index in [0.29, 0.717) is 13.0 Å².